The van der Waals surface area contributed by atoms with E-state index in [9.17, 15) is 0 Å². The lowest BCUT2D eigenvalue weighted by atomic mass is 10.1. The van der Waals surface area contributed by atoms with Crippen molar-refractivity contribution in [1.82, 2.24) is 9.78 Å². The molecule has 2 N–H and O–H groups in total. The van der Waals surface area contributed by atoms with Crippen molar-refractivity contribution in [2.45, 2.75) is 13.8 Å². The van der Waals surface area contributed by atoms with E-state index in [1.807, 2.05) is 38.1 Å². The Morgan fingerprint density at radius 2 is 2.12 bits per heavy atom. The molecule has 0 amide bonds. The Labute approximate surface area is 94.9 Å². The van der Waals surface area contributed by atoms with Crippen molar-refractivity contribution in [3.8, 4) is 18.0 Å². The van der Waals surface area contributed by atoms with Crippen molar-refractivity contribution in [2.75, 3.05) is 5.73 Å². The molecule has 0 fully saturated rings. The number of nitrogens with zero attached hydrogens (tertiary/aromatic N) is 2. The largest absolute Gasteiger partial charge is 0.384 e. The Morgan fingerprint density at radius 1 is 1.38 bits per heavy atom. The van der Waals surface area contributed by atoms with Crippen LogP contribution in [0.1, 0.15) is 16.8 Å². The number of rotatable bonds is 1. The van der Waals surface area contributed by atoms with Gasteiger partial charge in [-0.1, -0.05) is 18.1 Å². The SMILES string of the molecule is C#Cc1cccc(C)c1-n1nc(C)cc1N. The molecule has 0 atom stereocenters. The Balaban J connectivity index is 2.73. The summed E-state index contributed by atoms with van der Waals surface area (Å²) in [6, 6.07) is 7.64. The number of aryl methyl sites for hydroxylation is 2. The van der Waals surface area contributed by atoms with Gasteiger partial charge in [0.1, 0.15) is 5.82 Å². The molecule has 0 aliphatic heterocycles. The highest BCUT2D eigenvalue weighted by Gasteiger charge is 2.10. The second kappa shape index (κ2) is 3.74. The van der Waals surface area contributed by atoms with Gasteiger partial charge in [0, 0.05) is 6.07 Å². The first kappa shape index (κ1) is 10.3. The molecule has 3 nitrogen and oxygen atoms in total. The quantitative estimate of drug-likeness (QED) is 0.734. The van der Waals surface area contributed by atoms with Crippen LogP contribution in [0.15, 0.2) is 24.3 Å². The molecule has 0 unspecified atom stereocenters. The minimum absolute atomic E-state index is 0.600. The summed E-state index contributed by atoms with van der Waals surface area (Å²) < 4.78 is 1.69. The number of hydrogen-bond donors (Lipinski definition) is 1. The molecular weight excluding hydrogens is 198 g/mol. The fraction of sp³-hybridized carbons (Fsp3) is 0.154. The number of benzene rings is 1. The molecular formula is C13H13N3. The topological polar surface area (TPSA) is 43.8 Å². The second-order valence-corrected chi connectivity index (χ2v) is 3.74. The van der Waals surface area contributed by atoms with E-state index in [2.05, 4.69) is 11.0 Å². The maximum absolute atomic E-state index is 5.90. The molecule has 0 aliphatic carbocycles. The third-order valence-corrected chi connectivity index (χ3v) is 2.46. The summed E-state index contributed by atoms with van der Waals surface area (Å²) in [6.07, 6.45) is 5.48. The summed E-state index contributed by atoms with van der Waals surface area (Å²) in [4.78, 5) is 0. The molecule has 80 valence electrons. The third-order valence-electron chi connectivity index (χ3n) is 2.46. The van der Waals surface area contributed by atoms with E-state index in [0.29, 0.717) is 5.82 Å². The molecule has 0 spiro atoms. The van der Waals surface area contributed by atoms with Gasteiger partial charge in [-0.15, -0.1) is 6.42 Å². The molecule has 2 aromatic rings. The van der Waals surface area contributed by atoms with Gasteiger partial charge in [0.2, 0.25) is 0 Å². The fourth-order valence-electron chi connectivity index (χ4n) is 1.76. The smallest absolute Gasteiger partial charge is 0.127 e. The lowest BCUT2D eigenvalue weighted by Crippen LogP contribution is -2.06. The van der Waals surface area contributed by atoms with Crippen LogP contribution >= 0.6 is 0 Å². The molecule has 1 aromatic carbocycles. The van der Waals surface area contributed by atoms with Crippen LogP contribution in [0.25, 0.3) is 5.69 Å². The van der Waals surface area contributed by atoms with Crippen molar-refractivity contribution in [1.29, 1.82) is 0 Å². The molecule has 0 aliphatic rings. The van der Waals surface area contributed by atoms with Crippen molar-refractivity contribution >= 4 is 5.82 Å². The van der Waals surface area contributed by atoms with Gasteiger partial charge in [0.25, 0.3) is 0 Å². The molecule has 1 aromatic heterocycles. The summed E-state index contributed by atoms with van der Waals surface area (Å²) >= 11 is 0. The van der Waals surface area contributed by atoms with E-state index < -0.39 is 0 Å². The zero-order chi connectivity index (χ0) is 11.7. The van der Waals surface area contributed by atoms with Crippen molar-refractivity contribution in [2.24, 2.45) is 0 Å². The van der Waals surface area contributed by atoms with Gasteiger partial charge >= 0.3 is 0 Å². The van der Waals surface area contributed by atoms with Crippen molar-refractivity contribution in [3.05, 3.63) is 41.1 Å². The Kier molecular flexibility index (Phi) is 2.41. The summed E-state index contributed by atoms with van der Waals surface area (Å²) in [6.45, 7) is 3.90. The zero-order valence-corrected chi connectivity index (χ0v) is 9.36. The van der Waals surface area contributed by atoms with E-state index in [1.165, 1.54) is 0 Å². The molecule has 0 radical (unpaired) electrons. The monoisotopic (exact) mass is 211 g/mol. The van der Waals surface area contributed by atoms with Gasteiger partial charge in [0.15, 0.2) is 0 Å². The van der Waals surface area contributed by atoms with Gasteiger partial charge in [-0.2, -0.15) is 5.10 Å². The standard InChI is InChI=1S/C13H13N3/c1-4-11-7-5-6-9(2)13(11)16-12(14)8-10(3)15-16/h1,5-8H,14H2,2-3H3. The summed E-state index contributed by atoms with van der Waals surface area (Å²) in [5.41, 5.74) is 9.52. The number of nitrogens with two attached hydrogens (primary N) is 1. The Morgan fingerprint density at radius 3 is 2.69 bits per heavy atom. The highest BCUT2D eigenvalue weighted by atomic mass is 15.3. The summed E-state index contributed by atoms with van der Waals surface area (Å²) in [7, 11) is 0. The van der Waals surface area contributed by atoms with Crippen LogP contribution in [0.2, 0.25) is 0 Å². The zero-order valence-electron chi connectivity index (χ0n) is 9.36. The third kappa shape index (κ3) is 1.55. The van der Waals surface area contributed by atoms with Crippen LogP contribution in [0.5, 0.6) is 0 Å². The number of nitrogen functional groups attached to an aromatic ring is 1. The Hall–Kier alpha value is -2.21. The van der Waals surface area contributed by atoms with Crippen LogP contribution in [0.3, 0.4) is 0 Å². The number of terminal acetylenes is 1. The van der Waals surface area contributed by atoms with Crippen LogP contribution in [-0.2, 0) is 0 Å². The van der Waals surface area contributed by atoms with E-state index in [4.69, 9.17) is 12.2 Å². The number of hydrogen-bond acceptors (Lipinski definition) is 2. The number of para-hydroxylation sites is 1. The van der Waals surface area contributed by atoms with Crippen molar-refractivity contribution < 1.29 is 0 Å². The van der Waals surface area contributed by atoms with Gasteiger partial charge in [0.05, 0.1) is 16.9 Å². The van der Waals surface area contributed by atoms with Crippen molar-refractivity contribution in [3.63, 3.8) is 0 Å². The summed E-state index contributed by atoms with van der Waals surface area (Å²) in [5.74, 6) is 3.26. The van der Waals surface area contributed by atoms with Crippen LogP contribution < -0.4 is 5.73 Å². The normalized spacial score (nSPS) is 10.1. The second-order valence-electron chi connectivity index (χ2n) is 3.74. The predicted molar refractivity (Wildman–Crippen MR) is 65.4 cm³/mol. The van der Waals surface area contributed by atoms with Gasteiger partial charge < -0.3 is 5.73 Å². The average Bonchev–Trinajstić information content (AvgIpc) is 2.57. The molecule has 0 saturated carbocycles. The first-order chi connectivity index (χ1) is 7.63. The van der Waals surface area contributed by atoms with Gasteiger partial charge in [-0.25, -0.2) is 4.68 Å². The van der Waals surface area contributed by atoms with E-state index in [0.717, 1.165) is 22.5 Å². The lowest BCUT2D eigenvalue weighted by molar-refractivity contribution is 0.863. The minimum Gasteiger partial charge on any atom is -0.384 e. The Bertz CT molecular complexity index is 573. The van der Waals surface area contributed by atoms with Gasteiger partial charge in [-0.3, -0.25) is 0 Å². The van der Waals surface area contributed by atoms with E-state index in [1.54, 1.807) is 4.68 Å². The molecule has 0 bridgehead atoms. The highest BCUT2D eigenvalue weighted by molar-refractivity contribution is 5.57. The maximum Gasteiger partial charge on any atom is 0.127 e. The molecule has 0 saturated heterocycles. The first-order valence-corrected chi connectivity index (χ1v) is 5.02. The molecule has 1 heterocycles. The number of aromatic nitrogens is 2. The van der Waals surface area contributed by atoms with E-state index >= 15 is 0 Å². The van der Waals surface area contributed by atoms with Crippen LogP contribution in [0, 0.1) is 26.2 Å². The van der Waals surface area contributed by atoms with Crippen LogP contribution in [0.4, 0.5) is 5.82 Å². The predicted octanol–water partition coefficient (Wildman–Crippen LogP) is 2.05. The molecule has 3 heteroatoms. The first-order valence-electron chi connectivity index (χ1n) is 5.02. The van der Waals surface area contributed by atoms with Crippen LogP contribution in [-0.4, -0.2) is 9.78 Å². The van der Waals surface area contributed by atoms with Gasteiger partial charge in [-0.05, 0) is 25.5 Å². The summed E-state index contributed by atoms with van der Waals surface area (Å²) in [5, 5.41) is 4.35. The molecule has 16 heavy (non-hydrogen) atoms. The maximum atomic E-state index is 5.90. The minimum atomic E-state index is 0.600. The molecule has 2 rings (SSSR count). The lowest BCUT2D eigenvalue weighted by Gasteiger charge is -2.10. The number of anilines is 1. The fourth-order valence-corrected chi connectivity index (χ4v) is 1.76. The highest BCUT2D eigenvalue weighted by Crippen LogP contribution is 2.21. The average molecular weight is 211 g/mol. The van der Waals surface area contributed by atoms with E-state index in [-0.39, 0.29) is 0 Å².